The quantitative estimate of drug-likeness (QED) is 0.655. The summed E-state index contributed by atoms with van der Waals surface area (Å²) in [5.74, 6) is -1.75. The molecule has 0 fully saturated rings. The summed E-state index contributed by atoms with van der Waals surface area (Å²) in [6.45, 7) is 0. The smallest absolute Gasteiger partial charge is 0.408 e. The second kappa shape index (κ2) is 5.11. The van der Waals surface area contributed by atoms with E-state index in [1.807, 2.05) is 0 Å². The fourth-order valence-corrected chi connectivity index (χ4v) is 2.95. The average molecular weight is 354 g/mol. The first-order valence-electron chi connectivity index (χ1n) is 6.16. The first-order chi connectivity index (χ1) is 9.99. The van der Waals surface area contributed by atoms with Crippen LogP contribution < -0.4 is 5.76 Å². The second-order valence-electron chi connectivity index (χ2n) is 4.65. The van der Waals surface area contributed by atoms with Crippen molar-refractivity contribution in [3.05, 3.63) is 69.7 Å². The predicted octanol–water partition coefficient (Wildman–Crippen LogP) is 3.89. The zero-order valence-electron chi connectivity index (χ0n) is 10.9. The lowest BCUT2D eigenvalue weighted by atomic mass is 10.0. The van der Waals surface area contributed by atoms with Crippen LogP contribution in [-0.2, 0) is 7.05 Å². The highest BCUT2D eigenvalue weighted by Crippen LogP contribution is 2.35. The van der Waals surface area contributed by atoms with Crippen LogP contribution in [0.4, 0.5) is 8.78 Å². The molecule has 0 saturated carbocycles. The van der Waals surface area contributed by atoms with Crippen molar-refractivity contribution in [3.63, 3.8) is 0 Å². The fourth-order valence-electron chi connectivity index (χ4n) is 2.23. The van der Waals surface area contributed by atoms with Gasteiger partial charge < -0.3 is 4.42 Å². The largest absolute Gasteiger partial charge is 0.419 e. The topological polar surface area (TPSA) is 35.1 Å². The summed E-state index contributed by atoms with van der Waals surface area (Å²) < 4.78 is 34.1. The molecule has 0 amide bonds. The number of nitrogens with zero attached hydrogens (tertiary/aromatic N) is 1. The minimum absolute atomic E-state index is 0.0740. The molecule has 0 radical (unpaired) electrons. The molecule has 0 N–H and O–H groups in total. The molecule has 108 valence electrons. The molecule has 3 nitrogen and oxygen atoms in total. The van der Waals surface area contributed by atoms with Gasteiger partial charge in [-0.05, 0) is 29.8 Å². The summed E-state index contributed by atoms with van der Waals surface area (Å²) in [6.07, 6.45) is 0. The molecule has 0 saturated heterocycles. The molecule has 0 aliphatic heterocycles. The van der Waals surface area contributed by atoms with Gasteiger partial charge in [-0.2, -0.15) is 0 Å². The van der Waals surface area contributed by atoms with Crippen molar-refractivity contribution >= 4 is 27.0 Å². The molecule has 1 aromatic heterocycles. The second-order valence-corrected chi connectivity index (χ2v) is 5.57. The Hall–Kier alpha value is -1.95. The van der Waals surface area contributed by atoms with Crippen molar-refractivity contribution in [3.8, 4) is 0 Å². The van der Waals surface area contributed by atoms with Gasteiger partial charge in [0.05, 0.1) is 10.3 Å². The highest BCUT2D eigenvalue weighted by Gasteiger charge is 2.20. The van der Waals surface area contributed by atoms with Gasteiger partial charge in [0.25, 0.3) is 0 Å². The summed E-state index contributed by atoms with van der Waals surface area (Å²) in [7, 11) is 1.59. The zero-order chi connectivity index (χ0) is 15.1. The molecule has 1 heterocycles. The van der Waals surface area contributed by atoms with Crippen LogP contribution in [0.2, 0.25) is 0 Å². The minimum atomic E-state index is -0.673. The summed E-state index contributed by atoms with van der Waals surface area (Å²) >= 11 is 3.30. The number of fused-ring (bicyclic) bond motifs is 1. The van der Waals surface area contributed by atoms with E-state index in [-0.39, 0.29) is 5.56 Å². The lowest BCUT2D eigenvalue weighted by molar-refractivity contribution is 0.527. The molecular weight excluding hydrogens is 344 g/mol. The molecule has 3 rings (SSSR count). The van der Waals surface area contributed by atoms with Crippen LogP contribution in [0.25, 0.3) is 11.1 Å². The maximum absolute atomic E-state index is 13.8. The Bertz CT molecular complexity index is 865. The van der Waals surface area contributed by atoms with Gasteiger partial charge in [0.15, 0.2) is 5.58 Å². The lowest BCUT2D eigenvalue weighted by Crippen LogP contribution is -2.08. The summed E-state index contributed by atoms with van der Waals surface area (Å²) in [5.41, 5.74) is 1.52. The van der Waals surface area contributed by atoms with Crippen LogP contribution in [0.3, 0.4) is 0 Å². The number of halogens is 3. The summed E-state index contributed by atoms with van der Waals surface area (Å²) in [4.78, 5) is 10.8. The molecule has 6 heteroatoms. The first kappa shape index (κ1) is 14.0. The molecule has 1 unspecified atom stereocenters. The van der Waals surface area contributed by atoms with Crippen LogP contribution in [0.1, 0.15) is 16.0 Å². The van der Waals surface area contributed by atoms with E-state index in [0.29, 0.717) is 16.7 Å². The van der Waals surface area contributed by atoms with Gasteiger partial charge in [-0.3, -0.25) is 4.57 Å². The third-order valence-corrected chi connectivity index (χ3v) is 4.35. The van der Waals surface area contributed by atoms with Crippen molar-refractivity contribution in [2.45, 2.75) is 4.83 Å². The Morgan fingerprint density at radius 2 is 1.86 bits per heavy atom. The first-order valence-corrected chi connectivity index (χ1v) is 7.08. The standard InChI is InChI=1S/C15H10BrF2NO2/c1-19-11-6-5-8(7-12(11)21-15(19)20)14(16)13-9(17)3-2-4-10(13)18/h2-7,14H,1H3. The SMILES string of the molecule is Cn1c(=O)oc2cc(C(Br)c3c(F)cccc3F)ccc21. The Labute approximate surface area is 126 Å². The molecule has 0 aliphatic carbocycles. The number of benzene rings is 2. The third kappa shape index (κ3) is 2.29. The van der Waals surface area contributed by atoms with E-state index in [9.17, 15) is 13.6 Å². The summed E-state index contributed by atoms with van der Waals surface area (Å²) in [5, 5.41) is 0. The zero-order valence-corrected chi connectivity index (χ0v) is 12.5. The normalized spacial score (nSPS) is 12.8. The van der Waals surface area contributed by atoms with Crippen LogP contribution in [0.15, 0.2) is 45.6 Å². The predicted molar refractivity (Wildman–Crippen MR) is 78.6 cm³/mol. The number of hydrogen-bond acceptors (Lipinski definition) is 2. The van der Waals surface area contributed by atoms with E-state index in [1.54, 1.807) is 25.2 Å². The Morgan fingerprint density at radius 1 is 1.19 bits per heavy atom. The maximum Gasteiger partial charge on any atom is 0.419 e. The summed E-state index contributed by atoms with van der Waals surface area (Å²) in [6, 6.07) is 8.70. The van der Waals surface area contributed by atoms with Crippen LogP contribution in [0.5, 0.6) is 0 Å². The third-order valence-electron chi connectivity index (χ3n) is 3.36. The van der Waals surface area contributed by atoms with Crippen molar-refractivity contribution in [2.75, 3.05) is 0 Å². The highest BCUT2D eigenvalue weighted by molar-refractivity contribution is 9.09. The average Bonchev–Trinajstić information content (AvgIpc) is 2.73. The fraction of sp³-hybridized carbons (Fsp3) is 0.133. The number of rotatable bonds is 2. The van der Waals surface area contributed by atoms with E-state index in [2.05, 4.69) is 15.9 Å². The Morgan fingerprint density at radius 3 is 2.52 bits per heavy atom. The van der Waals surface area contributed by atoms with Crippen molar-refractivity contribution < 1.29 is 13.2 Å². The molecule has 2 aromatic carbocycles. The van der Waals surface area contributed by atoms with Gasteiger partial charge >= 0.3 is 5.76 Å². The molecule has 0 bridgehead atoms. The van der Waals surface area contributed by atoms with Crippen molar-refractivity contribution in [2.24, 2.45) is 7.05 Å². The van der Waals surface area contributed by atoms with Gasteiger partial charge in [-0.25, -0.2) is 13.6 Å². The van der Waals surface area contributed by atoms with Crippen LogP contribution in [0, 0.1) is 11.6 Å². The van der Waals surface area contributed by atoms with E-state index >= 15 is 0 Å². The van der Waals surface area contributed by atoms with Gasteiger partial charge in [0.2, 0.25) is 0 Å². The van der Waals surface area contributed by atoms with Gasteiger partial charge in [-0.1, -0.05) is 28.1 Å². The molecule has 21 heavy (non-hydrogen) atoms. The number of aryl methyl sites for hydroxylation is 1. The van der Waals surface area contributed by atoms with E-state index in [4.69, 9.17) is 4.42 Å². The van der Waals surface area contributed by atoms with Crippen LogP contribution in [-0.4, -0.2) is 4.57 Å². The van der Waals surface area contributed by atoms with Crippen molar-refractivity contribution in [1.29, 1.82) is 0 Å². The Kier molecular flexibility index (Phi) is 3.41. The Balaban J connectivity index is 2.14. The van der Waals surface area contributed by atoms with E-state index in [1.165, 1.54) is 22.8 Å². The molecular formula is C15H10BrF2NO2. The van der Waals surface area contributed by atoms with E-state index in [0.717, 1.165) is 0 Å². The molecule has 0 aliphatic rings. The monoisotopic (exact) mass is 353 g/mol. The minimum Gasteiger partial charge on any atom is -0.408 e. The number of alkyl halides is 1. The number of hydrogen-bond donors (Lipinski definition) is 0. The van der Waals surface area contributed by atoms with Gasteiger partial charge in [0.1, 0.15) is 11.6 Å². The van der Waals surface area contributed by atoms with Gasteiger partial charge in [-0.15, -0.1) is 0 Å². The van der Waals surface area contributed by atoms with E-state index < -0.39 is 22.2 Å². The van der Waals surface area contributed by atoms with Crippen molar-refractivity contribution in [1.82, 2.24) is 4.57 Å². The van der Waals surface area contributed by atoms with Crippen LogP contribution >= 0.6 is 15.9 Å². The lowest BCUT2D eigenvalue weighted by Gasteiger charge is -2.12. The number of aromatic nitrogens is 1. The molecule has 1 atom stereocenters. The maximum atomic E-state index is 13.8. The number of oxazole rings is 1. The molecule has 3 aromatic rings. The molecule has 0 spiro atoms. The van der Waals surface area contributed by atoms with Gasteiger partial charge in [0, 0.05) is 12.6 Å². The highest BCUT2D eigenvalue weighted by atomic mass is 79.9.